The Bertz CT molecular complexity index is 213. The van der Waals surface area contributed by atoms with E-state index in [-0.39, 0.29) is 0 Å². The molecule has 0 saturated carbocycles. The summed E-state index contributed by atoms with van der Waals surface area (Å²) in [5.41, 5.74) is 0. The lowest BCUT2D eigenvalue weighted by Gasteiger charge is -2.26. The first kappa shape index (κ1) is 11.6. The zero-order chi connectivity index (χ0) is 10.5. The highest BCUT2D eigenvalue weighted by molar-refractivity contribution is 7.84. The number of rotatable bonds is 6. The Balaban J connectivity index is 1.50. The molecule has 0 aromatic heterocycles. The van der Waals surface area contributed by atoms with E-state index in [2.05, 4.69) is 5.32 Å². The van der Waals surface area contributed by atoms with Crippen LogP contribution in [0.2, 0.25) is 0 Å². The molecule has 2 unspecified atom stereocenters. The van der Waals surface area contributed by atoms with Crippen molar-refractivity contribution in [1.29, 1.82) is 0 Å². The van der Waals surface area contributed by atoms with E-state index in [0.717, 1.165) is 44.0 Å². The quantitative estimate of drug-likeness (QED) is 0.738. The van der Waals surface area contributed by atoms with Gasteiger partial charge in [0, 0.05) is 42.0 Å². The van der Waals surface area contributed by atoms with Gasteiger partial charge in [0.1, 0.15) is 0 Å². The van der Waals surface area contributed by atoms with Crippen LogP contribution >= 0.6 is 0 Å². The summed E-state index contributed by atoms with van der Waals surface area (Å²) in [6.07, 6.45) is 5.06. The fraction of sp³-hybridized carbons (Fsp3) is 1.00. The second-order valence-electron chi connectivity index (χ2n) is 4.61. The molecule has 2 saturated heterocycles. The molecule has 0 spiro atoms. The molecule has 2 atom stereocenters. The molecule has 0 aromatic rings. The van der Waals surface area contributed by atoms with Crippen molar-refractivity contribution < 1.29 is 8.95 Å². The summed E-state index contributed by atoms with van der Waals surface area (Å²) >= 11 is 0. The van der Waals surface area contributed by atoms with Crippen molar-refractivity contribution in [1.82, 2.24) is 5.32 Å². The molecule has 88 valence electrons. The van der Waals surface area contributed by atoms with Crippen LogP contribution in [0.15, 0.2) is 0 Å². The van der Waals surface area contributed by atoms with Crippen molar-refractivity contribution in [2.75, 3.05) is 31.2 Å². The molecule has 15 heavy (non-hydrogen) atoms. The van der Waals surface area contributed by atoms with Gasteiger partial charge in [-0.25, -0.2) is 0 Å². The van der Waals surface area contributed by atoms with Gasteiger partial charge in [-0.05, 0) is 31.6 Å². The van der Waals surface area contributed by atoms with Gasteiger partial charge in [-0.2, -0.15) is 0 Å². The van der Waals surface area contributed by atoms with Crippen molar-refractivity contribution in [3.05, 3.63) is 0 Å². The minimum Gasteiger partial charge on any atom is -0.378 e. The monoisotopic (exact) mass is 231 g/mol. The number of hydrogen-bond donors (Lipinski definition) is 1. The predicted molar refractivity (Wildman–Crippen MR) is 62.4 cm³/mol. The van der Waals surface area contributed by atoms with E-state index in [9.17, 15) is 4.21 Å². The highest BCUT2D eigenvalue weighted by atomic mass is 32.2. The summed E-state index contributed by atoms with van der Waals surface area (Å²) in [7, 11) is -0.594. The molecule has 2 fully saturated rings. The van der Waals surface area contributed by atoms with Gasteiger partial charge in [0.15, 0.2) is 0 Å². The average molecular weight is 231 g/mol. The maximum absolute atomic E-state index is 11.7. The van der Waals surface area contributed by atoms with Crippen LogP contribution in [-0.2, 0) is 15.5 Å². The summed E-state index contributed by atoms with van der Waals surface area (Å²) in [5.74, 6) is 2.45. The minimum atomic E-state index is -0.594. The number of hydrogen-bond acceptors (Lipinski definition) is 3. The third-order valence-corrected chi connectivity index (χ3v) is 4.80. The molecular formula is C11H21NO2S. The zero-order valence-electron chi connectivity index (χ0n) is 9.24. The van der Waals surface area contributed by atoms with Gasteiger partial charge in [-0.3, -0.25) is 4.21 Å². The molecule has 0 aliphatic carbocycles. The van der Waals surface area contributed by atoms with E-state index < -0.39 is 10.8 Å². The van der Waals surface area contributed by atoms with Gasteiger partial charge in [-0.15, -0.1) is 0 Å². The molecular weight excluding hydrogens is 210 g/mol. The molecule has 0 aromatic carbocycles. The van der Waals surface area contributed by atoms with Crippen LogP contribution in [0.1, 0.15) is 25.7 Å². The van der Waals surface area contributed by atoms with Gasteiger partial charge in [0.2, 0.25) is 0 Å². The third kappa shape index (κ3) is 3.85. The Kier molecular flexibility index (Phi) is 4.60. The van der Waals surface area contributed by atoms with Crippen molar-refractivity contribution in [2.45, 2.75) is 31.8 Å². The fourth-order valence-corrected chi connectivity index (χ4v) is 3.57. The molecule has 2 rings (SSSR count). The summed E-state index contributed by atoms with van der Waals surface area (Å²) in [4.78, 5) is 0. The van der Waals surface area contributed by atoms with Crippen LogP contribution in [0, 0.1) is 5.92 Å². The Morgan fingerprint density at radius 1 is 1.40 bits per heavy atom. The van der Waals surface area contributed by atoms with Gasteiger partial charge in [0.25, 0.3) is 0 Å². The maximum atomic E-state index is 11.7. The summed E-state index contributed by atoms with van der Waals surface area (Å²) < 4.78 is 17.2. The molecule has 3 nitrogen and oxygen atoms in total. The first-order chi connectivity index (χ1) is 7.34. The second-order valence-corrected chi connectivity index (χ2v) is 6.23. The van der Waals surface area contributed by atoms with Gasteiger partial charge in [0.05, 0.1) is 6.10 Å². The van der Waals surface area contributed by atoms with Crippen LogP contribution in [0.25, 0.3) is 0 Å². The van der Waals surface area contributed by atoms with Crippen LogP contribution in [0.5, 0.6) is 0 Å². The van der Waals surface area contributed by atoms with Crippen molar-refractivity contribution in [2.24, 2.45) is 5.92 Å². The SMILES string of the molecule is O=S(CCCC1CCCO1)CC1CNC1. The normalized spacial score (nSPS) is 28.9. The number of ether oxygens (including phenoxy) is 1. The second kappa shape index (κ2) is 5.97. The highest BCUT2D eigenvalue weighted by Crippen LogP contribution is 2.17. The van der Waals surface area contributed by atoms with E-state index >= 15 is 0 Å². The predicted octanol–water partition coefficient (Wildman–Crippen LogP) is 0.914. The summed E-state index contributed by atoms with van der Waals surface area (Å²) in [5, 5.41) is 3.21. The summed E-state index contributed by atoms with van der Waals surface area (Å²) in [6, 6.07) is 0. The largest absolute Gasteiger partial charge is 0.378 e. The smallest absolute Gasteiger partial charge is 0.0576 e. The van der Waals surface area contributed by atoms with E-state index in [4.69, 9.17) is 4.74 Å². The fourth-order valence-electron chi connectivity index (χ4n) is 2.16. The third-order valence-electron chi connectivity index (χ3n) is 3.21. The van der Waals surface area contributed by atoms with Crippen LogP contribution in [0.4, 0.5) is 0 Å². The summed E-state index contributed by atoms with van der Waals surface area (Å²) in [6.45, 7) is 3.07. The molecule has 0 bridgehead atoms. The maximum Gasteiger partial charge on any atom is 0.0576 e. The Hall–Kier alpha value is 0.0700. The molecule has 2 aliphatic heterocycles. The van der Waals surface area contributed by atoms with Crippen LogP contribution in [0.3, 0.4) is 0 Å². The van der Waals surface area contributed by atoms with Crippen molar-refractivity contribution >= 4 is 10.8 Å². The molecule has 2 aliphatic rings. The zero-order valence-corrected chi connectivity index (χ0v) is 10.1. The first-order valence-electron chi connectivity index (χ1n) is 6.02. The van der Waals surface area contributed by atoms with E-state index in [0.29, 0.717) is 12.0 Å². The van der Waals surface area contributed by atoms with Crippen LogP contribution < -0.4 is 5.32 Å². The van der Waals surface area contributed by atoms with Gasteiger partial charge >= 0.3 is 0 Å². The Morgan fingerprint density at radius 3 is 2.87 bits per heavy atom. The van der Waals surface area contributed by atoms with Crippen LogP contribution in [-0.4, -0.2) is 41.5 Å². The van der Waals surface area contributed by atoms with E-state index in [1.807, 2.05) is 0 Å². The average Bonchev–Trinajstić information content (AvgIpc) is 2.64. The van der Waals surface area contributed by atoms with Gasteiger partial charge < -0.3 is 10.1 Å². The Labute approximate surface area is 94.4 Å². The highest BCUT2D eigenvalue weighted by Gasteiger charge is 2.20. The molecule has 0 radical (unpaired) electrons. The lowest BCUT2D eigenvalue weighted by molar-refractivity contribution is 0.104. The minimum absolute atomic E-state index is 0.465. The van der Waals surface area contributed by atoms with E-state index in [1.165, 1.54) is 12.8 Å². The van der Waals surface area contributed by atoms with Gasteiger partial charge in [-0.1, -0.05) is 0 Å². The Morgan fingerprint density at radius 2 is 2.27 bits per heavy atom. The lowest BCUT2D eigenvalue weighted by atomic mass is 10.1. The van der Waals surface area contributed by atoms with Crippen molar-refractivity contribution in [3.8, 4) is 0 Å². The molecule has 1 N–H and O–H groups in total. The van der Waals surface area contributed by atoms with Crippen molar-refractivity contribution in [3.63, 3.8) is 0 Å². The molecule has 4 heteroatoms. The first-order valence-corrected chi connectivity index (χ1v) is 7.50. The topological polar surface area (TPSA) is 38.3 Å². The standard InChI is InChI=1S/C11H21NO2S/c13-15(9-10-7-12-8-10)6-2-4-11-3-1-5-14-11/h10-12H,1-9H2. The molecule has 0 amide bonds. The van der Waals surface area contributed by atoms with E-state index in [1.54, 1.807) is 0 Å². The number of nitrogens with one attached hydrogen (secondary N) is 1. The molecule has 2 heterocycles. The lowest BCUT2D eigenvalue weighted by Crippen LogP contribution is -2.44.